The van der Waals surface area contributed by atoms with Crippen LogP contribution in [0.5, 0.6) is 0 Å². The molecule has 1 atom stereocenters. The minimum atomic E-state index is 0.0381. The van der Waals surface area contributed by atoms with E-state index in [0.717, 1.165) is 6.42 Å². The van der Waals surface area contributed by atoms with Crippen molar-refractivity contribution in [3.63, 3.8) is 0 Å². The van der Waals surface area contributed by atoms with Crippen LogP contribution < -0.4 is 0 Å². The van der Waals surface area contributed by atoms with Crippen LogP contribution in [0.1, 0.15) is 26.7 Å². The first-order valence-electron chi connectivity index (χ1n) is 5.65. The maximum Gasteiger partial charge on any atom is 0.139 e. The number of thioether (sulfide) groups is 1. The van der Waals surface area contributed by atoms with Gasteiger partial charge in [0.15, 0.2) is 0 Å². The second-order valence-corrected chi connectivity index (χ2v) is 4.74. The van der Waals surface area contributed by atoms with Crippen LogP contribution in [0.25, 0.3) is 0 Å². The number of hydrogen-bond donors (Lipinski definition) is 0. The third-order valence-corrected chi connectivity index (χ3v) is 3.16. The zero-order valence-corrected chi connectivity index (χ0v) is 10.7. The topological polar surface area (TPSA) is 17.1 Å². The van der Waals surface area contributed by atoms with Crippen molar-refractivity contribution in [2.24, 2.45) is 5.92 Å². The zero-order chi connectivity index (χ0) is 11.8. The van der Waals surface area contributed by atoms with Gasteiger partial charge in [-0.2, -0.15) is 0 Å². The van der Waals surface area contributed by atoms with Gasteiger partial charge in [0.2, 0.25) is 0 Å². The largest absolute Gasteiger partial charge is 0.299 e. The van der Waals surface area contributed by atoms with Gasteiger partial charge in [0.05, 0.1) is 0 Å². The summed E-state index contributed by atoms with van der Waals surface area (Å²) in [5.41, 5.74) is 0. The maximum atomic E-state index is 11.5. The molecule has 0 aromatic heterocycles. The SMILES string of the molecule is CCCC(=O)C(C)/C=C/Sc1ccccc1. The number of allylic oxidation sites excluding steroid dienone is 1. The molecule has 0 amide bonds. The number of benzene rings is 1. The van der Waals surface area contributed by atoms with E-state index >= 15 is 0 Å². The summed E-state index contributed by atoms with van der Waals surface area (Å²) in [6.45, 7) is 3.99. The quantitative estimate of drug-likeness (QED) is 0.683. The van der Waals surface area contributed by atoms with Crippen LogP contribution in [0.4, 0.5) is 0 Å². The van der Waals surface area contributed by atoms with Crippen molar-refractivity contribution >= 4 is 17.5 Å². The maximum absolute atomic E-state index is 11.5. The Morgan fingerprint density at radius 3 is 2.69 bits per heavy atom. The van der Waals surface area contributed by atoms with Gasteiger partial charge in [-0.05, 0) is 24.0 Å². The molecule has 0 saturated heterocycles. The van der Waals surface area contributed by atoms with Gasteiger partial charge < -0.3 is 0 Å². The summed E-state index contributed by atoms with van der Waals surface area (Å²) in [6.07, 6.45) is 3.60. The van der Waals surface area contributed by atoms with Crippen LogP contribution in [-0.2, 0) is 4.79 Å². The van der Waals surface area contributed by atoms with Crippen molar-refractivity contribution in [3.8, 4) is 0 Å². The molecule has 16 heavy (non-hydrogen) atoms. The number of carbonyl (C=O) groups is 1. The van der Waals surface area contributed by atoms with Gasteiger partial charge in [-0.1, -0.05) is 49.9 Å². The van der Waals surface area contributed by atoms with Gasteiger partial charge in [0.25, 0.3) is 0 Å². The number of ketones is 1. The fourth-order valence-electron chi connectivity index (χ4n) is 1.32. The molecular weight excluding hydrogens is 216 g/mol. The molecule has 0 N–H and O–H groups in total. The molecule has 0 heterocycles. The van der Waals surface area contributed by atoms with Crippen LogP contribution >= 0.6 is 11.8 Å². The Morgan fingerprint density at radius 2 is 2.06 bits per heavy atom. The van der Waals surface area contributed by atoms with Crippen molar-refractivity contribution in [1.29, 1.82) is 0 Å². The van der Waals surface area contributed by atoms with E-state index in [-0.39, 0.29) is 5.92 Å². The van der Waals surface area contributed by atoms with E-state index in [1.54, 1.807) is 11.8 Å². The molecule has 0 bridgehead atoms. The highest BCUT2D eigenvalue weighted by Crippen LogP contribution is 2.19. The highest BCUT2D eigenvalue weighted by Gasteiger charge is 2.07. The zero-order valence-electron chi connectivity index (χ0n) is 9.85. The Balaban J connectivity index is 2.40. The van der Waals surface area contributed by atoms with Gasteiger partial charge in [-0.3, -0.25) is 4.79 Å². The third-order valence-electron chi connectivity index (χ3n) is 2.32. The number of hydrogen-bond acceptors (Lipinski definition) is 2. The molecule has 86 valence electrons. The van der Waals surface area contributed by atoms with E-state index in [2.05, 4.69) is 12.1 Å². The monoisotopic (exact) mass is 234 g/mol. The smallest absolute Gasteiger partial charge is 0.139 e. The van der Waals surface area contributed by atoms with Crippen LogP contribution in [0.3, 0.4) is 0 Å². The average Bonchev–Trinajstić information content (AvgIpc) is 2.30. The number of carbonyl (C=O) groups excluding carboxylic acids is 1. The summed E-state index contributed by atoms with van der Waals surface area (Å²) in [5.74, 6) is 0.364. The fourth-order valence-corrected chi connectivity index (χ4v) is 2.10. The summed E-state index contributed by atoms with van der Waals surface area (Å²) >= 11 is 1.65. The van der Waals surface area contributed by atoms with Crippen molar-refractivity contribution in [2.75, 3.05) is 0 Å². The normalized spacial score (nSPS) is 12.9. The number of Topliss-reactive ketones (excluding diaryl/α,β-unsaturated/α-hetero) is 1. The van der Waals surface area contributed by atoms with Gasteiger partial charge in [-0.15, -0.1) is 0 Å². The second-order valence-electron chi connectivity index (χ2n) is 3.76. The lowest BCUT2D eigenvalue weighted by Crippen LogP contribution is -2.06. The molecule has 0 aliphatic carbocycles. The first-order valence-corrected chi connectivity index (χ1v) is 6.53. The Kier molecular flexibility index (Phi) is 5.94. The fraction of sp³-hybridized carbons (Fsp3) is 0.357. The first kappa shape index (κ1) is 13.0. The minimum absolute atomic E-state index is 0.0381. The van der Waals surface area contributed by atoms with E-state index in [0.29, 0.717) is 12.2 Å². The molecule has 0 fully saturated rings. The third kappa shape index (κ3) is 4.67. The van der Waals surface area contributed by atoms with E-state index in [1.807, 2.05) is 43.5 Å². The van der Waals surface area contributed by atoms with Crippen LogP contribution in [0, 0.1) is 5.92 Å². The van der Waals surface area contributed by atoms with Crippen LogP contribution in [-0.4, -0.2) is 5.78 Å². The van der Waals surface area contributed by atoms with Gasteiger partial charge in [0.1, 0.15) is 5.78 Å². The van der Waals surface area contributed by atoms with Crippen molar-refractivity contribution in [1.82, 2.24) is 0 Å². The molecule has 0 spiro atoms. The predicted octanol–water partition coefficient (Wildman–Crippen LogP) is 4.30. The van der Waals surface area contributed by atoms with Crippen LogP contribution in [0.2, 0.25) is 0 Å². The Morgan fingerprint density at radius 1 is 1.38 bits per heavy atom. The molecule has 1 nitrogen and oxygen atoms in total. The van der Waals surface area contributed by atoms with Gasteiger partial charge in [0, 0.05) is 17.2 Å². The first-order chi connectivity index (χ1) is 7.74. The Hall–Kier alpha value is -1.02. The lowest BCUT2D eigenvalue weighted by Gasteiger charge is -2.03. The lowest BCUT2D eigenvalue weighted by atomic mass is 10.0. The standard InChI is InChI=1S/C14H18OS/c1-3-7-14(15)12(2)10-11-16-13-8-5-4-6-9-13/h4-6,8-12H,3,7H2,1-2H3/b11-10+. The summed E-state index contributed by atoms with van der Waals surface area (Å²) in [7, 11) is 0. The Labute approximate surface area is 102 Å². The van der Waals surface area contributed by atoms with Crippen molar-refractivity contribution < 1.29 is 4.79 Å². The molecule has 0 aliphatic rings. The van der Waals surface area contributed by atoms with E-state index < -0.39 is 0 Å². The molecule has 2 heteroatoms. The molecule has 1 rings (SSSR count). The van der Waals surface area contributed by atoms with Crippen molar-refractivity contribution in [2.45, 2.75) is 31.6 Å². The summed E-state index contributed by atoms with van der Waals surface area (Å²) < 4.78 is 0. The van der Waals surface area contributed by atoms with E-state index in [9.17, 15) is 4.79 Å². The highest BCUT2D eigenvalue weighted by atomic mass is 32.2. The molecule has 1 aromatic rings. The summed E-state index contributed by atoms with van der Waals surface area (Å²) in [5, 5.41) is 2.01. The summed E-state index contributed by atoms with van der Waals surface area (Å²) in [4.78, 5) is 12.7. The Bertz CT molecular complexity index is 343. The van der Waals surface area contributed by atoms with Gasteiger partial charge >= 0.3 is 0 Å². The summed E-state index contributed by atoms with van der Waals surface area (Å²) in [6, 6.07) is 10.2. The molecular formula is C14H18OS. The number of rotatable bonds is 6. The van der Waals surface area contributed by atoms with E-state index in [1.165, 1.54) is 4.90 Å². The minimum Gasteiger partial charge on any atom is -0.299 e. The van der Waals surface area contributed by atoms with Crippen LogP contribution in [0.15, 0.2) is 46.7 Å². The van der Waals surface area contributed by atoms with Gasteiger partial charge in [-0.25, -0.2) is 0 Å². The second kappa shape index (κ2) is 7.29. The highest BCUT2D eigenvalue weighted by molar-refractivity contribution is 8.02. The molecule has 1 unspecified atom stereocenters. The molecule has 1 aromatic carbocycles. The lowest BCUT2D eigenvalue weighted by molar-refractivity contribution is -0.121. The molecule has 0 saturated carbocycles. The molecule has 0 radical (unpaired) electrons. The molecule has 0 aliphatic heterocycles. The van der Waals surface area contributed by atoms with Crippen molar-refractivity contribution in [3.05, 3.63) is 41.8 Å². The average molecular weight is 234 g/mol. The van der Waals surface area contributed by atoms with E-state index in [4.69, 9.17) is 0 Å². The predicted molar refractivity (Wildman–Crippen MR) is 70.5 cm³/mol.